The number of hydrogen-bond donors (Lipinski definition) is 1. The highest BCUT2D eigenvalue weighted by molar-refractivity contribution is 5.92. The molecule has 0 heterocycles. The van der Waals surface area contributed by atoms with Crippen LogP contribution in [0.15, 0.2) is 66.7 Å². The Morgan fingerprint density at radius 2 is 1.64 bits per heavy atom. The van der Waals surface area contributed by atoms with Gasteiger partial charge in [-0.2, -0.15) is 0 Å². The minimum atomic E-state index is -0.571. The van der Waals surface area contributed by atoms with Crippen LogP contribution in [-0.2, 0) is 22.6 Å². The lowest BCUT2D eigenvalue weighted by Crippen LogP contribution is -2.45. The summed E-state index contributed by atoms with van der Waals surface area (Å²) in [4.78, 5) is 26.8. The zero-order chi connectivity index (χ0) is 20.1. The van der Waals surface area contributed by atoms with Crippen LogP contribution >= 0.6 is 0 Å². The number of aryl methyl sites for hydroxylation is 1. The Morgan fingerprint density at radius 1 is 0.964 bits per heavy atom. The van der Waals surface area contributed by atoms with Gasteiger partial charge in [-0.3, -0.25) is 9.59 Å². The molecule has 1 atom stereocenters. The molecule has 0 saturated carbocycles. The van der Waals surface area contributed by atoms with E-state index in [1.165, 1.54) is 5.56 Å². The standard InChI is InChI=1S/C24H26N2O2/c1-17-11-13-19(14-12-17)16-26(3)24(28)18(2)25-23(27)15-21-9-6-8-20-7-4-5-10-22(20)21/h4-14,18H,15-16H2,1-3H3,(H,25,27)/t18-/m0/s1. The van der Waals surface area contributed by atoms with Crippen LogP contribution < -0.4 is 5.32 Å². The molecule has 28 heavy (non-hydrogen) atoms. The summed E-state index contributed by atoms with van der Waals surface area (Å²) in [7, 11) is 1.76. The molecule has 3 aromatic carbocycles. The Hall–Kier alpha value is -3.14. The SMILES string of the molecule is Cc1ccc(CN(C)C(=O)[C@H](C)NC(=O)Cc2cccc3ccccc23)cc1. The van der Waals surface area contributed by atoms with Gasteiger partial charge in [-0.1, -0.05) is 72.3 Å². The van der Waals surface area contributed by atoms with E-state index in [0.29, 0.717) is 6.54 Å². The fraction of sp³-hybridized carbons (Fsp3) is 0.250. The van der Waals surface area contributed by atoms with Crippen LogP contribution in [0, 0.1) is 6.92 Å². The first kappa shape index (κ1) is 19.6. The van der Waals surface area contributed by atoms with Crippen molar-refractivity contribution in [2.24, 2.45) is 0 Å². The Labute approximate surface area is 166 Å². The van der Waals surface area contributed by atoms with Gasteiger partial charge >= 0.3 is 0 Å². The van der Waals surface area contributed by atoms with Gasteiger partial charge in [0.2, 0.25) is 11.8 Å². The molecule has 4 heteroatoms. The van der Waals surface area contributed by atoms with Crippen LogP contribution in [0.4, 0.5) is 0 Å². The molecule has 4 nitrogen and oxygen atoms in total. The average Bonchev–Trinajstić information content (AvgIpc) is 2.69. The maximum atomic E-state index is 12.6. The van der Waals surface area contributed by atoms with Gasteiger partial charge in [0.1, 0.15) is 6.04 Å². The number of benzene rings is 3. The first-order valence-electron chi connectivity index (χ1n) is 9.50. The third kappa shape index (κ3) is 4.77. The highest BCUT2D eigenvalue weighted by Crippen LogP contribution is 2.19. The number of likely N-dealkylation sites (N-methyl/N-ethyl adjacent to an activating group) is 1. The van der Waals surface area contributed by atoms with Crippen LogP contribution in [0.3, 0.4) is 0 Å². The number of carbonyl (C=O) groups is 2. The molecule has 0 unspecified atom stereocenters. The maximum Gasteiger partial charge on any atom is 0.244 e. The van der Waals surface area contributed by atoms with E-state index in [4.69, 9.17) is 0 Å². The number of hydrogen-bond acceptors (Lipinski definition) is 2. The topological polar surface area (TPSA) is 49.4 Å². The molecule has 0 aliphatic carbocycles. The zero-order valence-corrected chi connectivity index (χ0v) is 16.6. The third-order valence-corrected chi connectivity index (χ3v) is 4.90. The molecule has 2 amide bonds. The van der Waals surface area contributed by atoms with Gasteiger partial charge in [0.15, 0.2) is 0 Å². The van der Waals surface area contributed by atoms with Crippen LogP contribution in [0.2, 0.25) is 0 Å². The molecule has 0 fully saturated rings. The van der Waals surface area contributed by atoms with Crippen LogP contribution in [0.5, 0.6) is 0 Å². The van der Waals surface area contributed by atoms with E-state index in [2.05, 4.69) is 5.32 Å². The van der Waals surface area contributed by atoms with Crippen molar-refractivity contribution < 1.29 is 9.59 Å². The molecule has 0 radical (unpaired) electrons. The molecule has 144 valence electrons. The minimum Gasteiger partial charge on any atom is -0.344 e. The quantitative estimate of drug-likeness (QED) is 0.712. The van der Waals surface area contributed by atoms with Gasteiger partial charge in [-0.15, -0.1) is 0 Å². The zero-order valence-electron chi connectivity index (χ0n) is 16.6. The number of nitrogens with one attached hydrogen (secondary N) is 1. The summed E-state index contributed by atoms with van der Waals surface area (Å²) >= 11 is 0. The van der Waals surface area contributed by atoms with Gasteiger partial charge in [0.05, 0.1) is 6.42 Å². The van der Waals surface area contributed by atoms with Gasteiger partial charge in [0, 0.05) is 13.6 Å². The lowest BCUT2D eigenvalue weighted by molar-refractivity contribution is -0.135. The summed E-state index contributed by atoms with van der Waals surface area (Å²) in [5.41, 5.74) is 3.21. The fourth-order valence-electron chi connectivity index (χ4n) is 3.35. The molecule has 3 aromatic rings. The first-order valence-corrected chi connectivity index (χ1v) is 9.50. The smallest absolute Gasteiger partial charge is 0.244 e. The van der Waals surface area contributed by atoms with E-state index in [-0.39, 0.29) is 18.2 Å². The summed E-state index contributed by atoms with van der Waals surface area (Å²) in [5.74, 6) is -0.257. The molecular weight excluding hydrogens is 348 g/mol. The van der Waals surface area contributed by atoms with Crippen molar-refractivity contribution in [2.75, 3.05) is 7.05 Å². The van der Waals surface area contributed by atoms with E-state index in [1.807, 2.05) is 73.7 Å². The number of nitrogens with zero attached hydrogens (tertiary/aromatic N) is 1. The Morgan fingerprint density at radius 3 is 2.39 bits per heavy atom. The van der Waals surface area contributed by atoms with Crippen molar-refractivity contribution in [3.05, 3.63) is 83.4 Å². The number of carbonyl (C=O) groups excluding carboxylic acids is 2. The Kier molecular flexibility index (Phi) is 6.09. The normalized spacial score (nSPS) is 11.8. The largest absolute Gasteiger partial charge is 0.344 e. The van der Waals surface area contributed by atoms with E-state index < -0.39 is 6.04 Å². The number of fused-ring (bicyclic) bond motifs is 1. The van der Waals surface area contributed by atoms with Gasteiger partial charge < -0.3 is 10.2 Å². The Bertz CT molecular complexity index is 974. The lowest BCUT2D eigenvalue weighted by Gasteiger charge is -2.22. The monoisotopic (exact) mass is 374 g/mol. The van der Waals surface area contributed by atoms with Crippen molar-refractivity contribution in [3.8, 4) is 0 Å². The second-order valence-corrected chi connectivity index (χ2v) is 7.28. The van der Waals surface area contributed by atoms with E-state index >= 15 is 0 Å². The second kappa shape index (κ2) is 8.70. The summed E-state index contributed by atoms with van der Waals surface area (Å²) < 4.78 is 0. The van der Waals surface area contributed by atoms with Crippen LogP contribution in [0.25, 0.3) is 10.8 Å². The van der Waals surface area contributed by atoms with Crippen molar-refractivity contribution >= 4 is 22.6 Å². The van der Waals surface area contributed by atoms with Crippen molar-refractivity contribution in [1.29, 1.82) is 0 Å². The lowest BCUT2D eigenvalue weighted by atomic mass is 10.0. The molecule has 0 saturated heterocycles. The molecule has 0 bridgehead atoms. The molecule has 1 N–H and O–H groups in total. The molecule has 0 aliphatic heterocycles. The summed E-state index contributed by atoms with van der Waals surface area (Å²) in [5, 5.41) is 5.01. The second-order valence-electron chi connectivity index (χ2n) is 7.28. The number of rotatable bonds is 6. The fourth-order valence-corrected chi connectivity index (χ4v) is 3.35. The van der Waals surface area contributed by atoms with Gasteiger partial charge in [0.25, 0.3) is 0 Å². The van der Waals surface area contributed by atoms with E-state index in [0.717, 1.165) is 21.9 Å². The molecular formula is C24H26N2O2. The van der Waals surface area contributed by atoms with Crippen LogP contribution in [-0.4, -0.2) is 29.8 Å². The maximum absolute atomic E-state index is 12.6. The summed E-state index contributed by atoms with van der Waals surface area (Å²) in [6.45, 7) is 4.28. The van der Waals surface area contributed by atoms with Crippen molar-refractivity contribution in [2.45, 2.75) is 32.9 Å². The molecule has 0 aromatic heterocycles. The Balaban J connectivity index is 1.59. The summed E-state index contributed by atoms with van der Waals surface area (Å²) in [6.07, 6.45) is 0.251. The number of amides is 2. The third-order valence-electron chi connectivity index (χ3n) is 4.90. The average molecular weight is 374 g/mol. The van der Waals surface area contributed by atoms with E-state index in [1.54, 1.807) is 18.9 Å². The predicted molar refractivity (Wildman–Crippen MR) is 113 cm³/mol. The molecule has 0 spiro atoms. The van der Waals surface area contributed by atoms with Crippen molar-refractivity contribution in [1.82, 2.24) is 10.2 Å². The highest BCUT2D eigenvalue weighted by Gasteiger charge is 2.20. The summed E-state index contributed by atoms with van der Waals surface area (Å²) in [6, 6.07) is 21.5. The first-order chi connectivity index (χ1) is 13.4. The van der Waals surface area contributed by atoms with Gasteiger partial charge in [-0.05, 0) is 35.7 Å². The molecule has 3 rings (SSSR count). The highest BCUT2D eigenvalue weighted by atomic mass is 16.2. The van der Waals surface area contributed by atoms with Gasteiger partial charge in [-0.25, -0.2) is 0 Å². The molecule has 0 aliphatic rings. The predicted octanol–water partition coefficient (Wildman–Crippen LogP) is 3.85. The van der Waals surface area contributed by atoms with E-state index in [9.17, 15) is 9.59 Å². The van der Waals surface area contributed by atoms with Crippen LogP contribution in [0.1, 0.15) is 23.6 Å². The van der Waals surface area contributed by atoms with Crippen molar-refractivity contribution in [3.63, 3.8) is 0 Å². The minimum absolute atomic E-state index is 0.105.